The fraction of sp³-hybridized carbons (Fsp3) is 0.294. The number of nitro benzene ring substituents is 1. The van der Waals surface area contributed by atoms with E-state index in [1.165, 1.54) is 28.5 Å². The number of nitriles is 1. The molecule has 0 unspecified atom stereocenters. The van der Waals surface area contributed by atoms with Gasteiger partial charge in [-0.2, -0.15) is 5.26 Å². The Morgan fingerprint density at radius 2 is 2.04 bits per heavy atom. The third-order valence-electron chi connectivity index (χ3n) is 4.30. The highest BCUT2D eigenvalue weighted by Gasteiger charge is 2.23. The van der Waals surface area contributed by atoms with Crippen LogP contribution in [0.1, 0.15) is 34.4 Å². The van der Waals surface area contributed by atoms with Crippen molar-refractivity contribution in [1.29, 1.82) is 5.26 Å². The van der Waals surface area contributed by atoms with E-state index in [0.717, 1.165) is 31.2 Å². The minimum Gasteiger partial charge on any atom is -0.454 e. The van der Waals surface area contributed by atoms with Crippen molar-refractivity contribution < 1.29 is 14.4 Å². The standard InChI is InChI=1S/C17H13N3O4S/c18-7-12-11-3-1-2-4-16(11)25-17(12)19-8-10-5-14-15(24-9-23-14)6-13(10)20(21)22/h5-6,8H,1-4,9H2/b19-8+. The zero-order valence-corrected chi connectivity index (χ0v) is 14.0. The summed E-state index contributed by atoms with van der Waals surface area (Å²) in [7, 11) is 0. The summed E-state index contributed by atoms with van der Waals surface area (Å²) in [5, 5.41) is 21.4. The quantitative estimate of drug-likeness (QED) is 0.473. The van der Waals surface area contributed by atoms with Crippen LogP contribution in [0.3, 0.4) is 0 Å². The summed E-state index contributed by atoms with van der Waals surface area (Å²) in [6.45, 7) is 0.0449. The van der Waals surface area contributed by atoms with Crippen LogP contribution < -0.4 is 9.47 Å². The van der Waals surface area contributed by atoms with Gasteiger partial charge in [-0.25, -0.2) is 4.99 Å². The van der Waals surface area contributed by atoms with Crippen molar-refractivity contribution in [3.8, 4) is 17.6 Å². The zero-order valence-electron chi connectivity index (χ0n) is 13.2. The molecule has 0 saturated carbocycles. The van der Waals surface area contributed by atoms with Gasteiger partial charge < -0.3 is 9.47 Å². The Balaban J connectivity index is 1.75. The largest absolute Gasteiger partial charge is 0.454 e. The van der Waals surface area contributed by atoms with Gasteiger partial charge in [-0.15, -0.1) is 11.3 Å². The highest BCUT2D eigenvalue weighted by molar-refractivity contribution is 7.16. The number of aryl methyl sites for hydroxylation is 1. The normalized spacial score (nSPS) is 15.2. The molecule has 0 N–H and O–H groups in total. The Morgan fingerprint density at radius 1 is 1.28 bits per heavy atom. The number of hydrogen-bond donors (Lipinski definition) is 0. The van der Waals surface area contributed by atoms with E-state index in [1.54, 1.807) is 6.07 Å². The SMILES string of the molecule is N#Cc1c(/N=C/c2cc3c(cc2[N+](=O)[O-])OCO3)sc2c1CCCC2. The van der Waals surface area contributed by atoms with Crippen LogP contribution in [0.5, 0.6) is 11.5 Å². The van der Waals surface area contributed by atoms with Crippen LogP contribution in [0.2, 0.25) is 0 Å². The molecular weight excluding hydrogens is 342 g/mol. The van der Waals surface area contributed by atoms with E-state index in [9.17, 15) is 15.4 Å². The van der Waals surface area contributed by atoms with Gasteiger partial charge in [0.2, 0.25) is 6.79 Å². The van der Waals surface area contributed by atoms with Gasteiger partial charge in [-0.05, 0) is 37.3 Å². The van der Waals surface area contributed by atoms with Crippen molar-refractivity contribution in [3.05, 3.63) is 43.8 Å². The molecule has 7 nitrogen and oxygen atoms in total. The molecule has 4 rings (SSSR count). The molecule has 0 saturated heterocycles. The highest BCUT2D eigenvalue weighted by Crippen LogP contribution is 2.40. The summed E-state index contributed by atoms with van der Waals surface area (Å²) in [5.74, 6) is 0.811. The van der Waals surface area contributed by atoms with E-state index >= 15 is 0 Å². The topological polar surface area (TPSA) is 97.8 Å². The summed E-state index contributed by atoms with van der Waals surface area (Å²) in [4.78, 5) is 16.4. The second kappa shape index (κ2) is 6.18. The van der Waals surface area contributed by atoms with Crippen molar-refractivity contribution in [3.63, 3.8) is 0 Å². The summed E-state index contributed by atoms with van der Waals surface area (Å²) in [6.07, 6.45) is 5.49. The van der Waals surface area contributed by atoms with Crippen molar-refractivity contribution in [2.75, 3.05) is 6.79 Å². The maximum absolute atomic E-state index is 11.3. The second-order valence-electron chi connectivity index (χ2n) is 5.78. The maximum atomic E-state index is 11.3. The van der Waals surface area contributed by atoms with Gasteiger partial charge in [0.1, 0.15) is 11.1 Å². The molecule has 1 aliphatic heterocycles. The van der Waals surface area contributed by atoms with Crippen LogP contribution in [-0.4, -0.2) is 17.9 Å². The molecule has 126 valence electrons. The molecule has 0 fully saturated rings. The van der Waals surface area contributed by atoms with Crippen LogP contribution in [-0.2, 0) is 12.8 Å². The number of ether oxygens (including phenoxy) is 2. The molecule has 25 heavy (non-hydrogen) atoms. The number of benzene rings is 1. The summed E-state index contributed by atoms with van der Waals surface area (Å²) < 4.78 is 10.5. The summed E-state index contributed by atoms with van der Waals surface area (Å²) in [5.41, 5.74) is 1.91. The predicted molar refractivity (Wildman–Crippen MR) is 92.1 cm³/mol. The lowest BCUT2D eigenvalue weighted by atomic mass is 9.96. The maximum Gasteiger partial charge on any atom is 0.282 e. The van der Waals surface area contributed by atoms with Crippen LogP contribution >= 0.6 is 11.3 Å². The second-order valence-corrected chi connectivity index (χ2v) is 6.87. The molecule has 0 atom stereocenters. The molecule has 1 aromatic carbocycles. The predicted octanol–water partition coefficient (Wildman–Crippen LogP) is 3.89. The molecular formula is C17H13N3O4S. The van der Waals surface area contributed by atoms with Gasteiger partial charge in [-0.1, -0.05) is 0 Å². The molecule has 2 aliphatic rings. The molecule has 1 aromatic heterocycles. The average molecular weight is 355 g/mol. The van der Waals surface area contributed by atoms with Gasteiger partial charge in [0.15, 0.2) is 11.5 Å². The van der Waals surface area contributed by atoms with Crippen molar-refractivity contribution in [2.45, 2.75) is 25.7 Å². The number of nitrogens with zero attached hydrogens (tertiary/aromatic N) is 3. The lowest BCUT2D eigenvalue weighted by molar-refractivity contribution is -0.385. The molecule has 8 heteroatoms. The van der Waals surface area contributed by atoms with E-state index in [2.05, 4.69) is 11.1 Å². The summed E-state index contributed by atoms with van der Waals surface area (Å²) >= 11 is 1.50. The first-order chi connectivity index (χ1) is 12.2. The molecule has 2 heterocycles. The van der Waals surface area contributed by atoms with Crippen LogP contribution in [0.4, 0.5) is 10.7 Å². The Labute approximate surface area is 147 Å². The fourth-order valence-corrected chi connectivity index (χ4v) is 4.28. The van der Waals surface area contributed by atoms with Crippen molar-refractivity contribution in [2.24, 2.45) is 4.99 Å². The van der Waals surface area contributed by atoms with Crippen molar-refractivity contribution in [1.82, 2.24) is 0 Å². The Hall–Kier alpha value is -2.92. The molecule has 0 amide bonds. The first-order valence-corrected chi connectivity index (χ1v) is 8.65. The molecule has 0 bridgehead atoms. The number of aliphatic imine (C=N–C) groups is 1. The molecule has 0 radical (unpaired) electrons. The number of thiophene rings is 1. The monoisotopic (exact) mass is 355 g/mol. The number of hydrogen-bond acceptors (Lipinski definition) is 7. The first-order valence-electron chi connectivity index (χ1n) is 7.84. The van der Waals surface area contributed by atoms with E-state index in [0.29, 0.717) is 27.6 Å². The third kappa shape index (κ3) is 2.72. The van der Waals surface area contributed by atoms with Gasteiger partial charge in [0, 0.05) is 11.1 Å². The third-order valence-corrected chi connectivity index (χ3v) is 5.50. The fourth-order valence-electron chi connectivity index (χ4n) is 3.09. The number of nitro groups is 1. The lowest BCUT2D eigenvalue weighted by Crippen LogP contribution is -1.99. The Bertz CT molecular complexity index is 942. The van der Waals surface area contributed by atoms with Crippen molar-refractivity contribution >= 4 is 28.2 Å². The zero-order chi connectivity index (χ0) is 17.4. The average Bonchev–Trinajstić information content (AvgIpc) is 3.21. The van der Waals surface area contributed by atoms with E-state index in [1.807, 2.05) is 0 Å². The van der Waals surface area contributed by atoms with Gasteiger partial charge in [0.25, 0.3) is 5.69 Å². The van der Waals surface area contributed by atoms with Gasteiger partial charge >= 0.3 is 0 Å². The highest BCUT2D eigenvalue weighted by atomic mass is 32.1. The molecule has 2 aromatic rings. The van der Waals surface area contributed by atoms with Gasteiger partial charge in [0.05, 0.1) is 22.1 Å². The molecule has 0 spiro atoms. The van der Waals surface area contributed by atoms with Gasteiger partial charge in [-0.3, -0.25) is 10.1 Å². The Morgan fingerprint density at radius 3 is 2.80 bits per heavy atom. The minimum absolute atomic E-state index is 0.0449. The van der Waals surface area contributed by atoms with E-state index < -0.39 is 4.92 Å². The summed E-state index contributed by atoms with van der Waals surface area (Å²) in [6, 6.07) is 5.12. The van der Waals surface area contributed by atoms with E-state index in [4.69, 9.17) is 9.47 Å². The van der Waals surface area contributed by atoms with E-state index in [-0.39, 0.29) is 12.5 Å². The minimum atomic E-state index is -0.478. The number of fused-ring (bicyclic) bond motifs is 2. The first kappa shape index (κ1) is 15.6. The van der Waals surface area contributed by atoms with Crippen LogP contribution in [0.15, 0.2) is 17.1 Å². The lowest BCUT2D eigenvalue weighted by Gasteiger charge is -2.09. The number of rotatable bonds is 3. The smallest absolute Gasteiger partial charge is 0.282 e. The Kier molecular flexibility index (Phi) is 3.86. The van der Waals surface area contributed by atoms with Crippen LogP contribution in [0, 0.1) is 21.4 Å². The molecule has 1 aliphatic carbocycles. The van der Waals surface area contributed by atoms with Crippen LogP contribution in [0.25, 0.3) is 0 Å².